The Hall–Kier alpha value is -1.60. The van der Waals surface area contributed by atoms with Crippen LogP contribution in [0.4, 0.5) is 0 Å². The van der Waals surface area contributed by atoms with E-state index in [0.717, 1.165) is 19.4 Å². The van der Waals surface area contributed by atoms with Crippen molar-refractivity contribution in [2.75, 3.05) is 6.54 Å². The van der Waals surface area contributed by atoms with Gasteiger partial charge in [0.1, 0.15) is 0 Å². The Morgan fingerprint density at radius 1 is 0.850 bits per heavy atom. The van der Waals surface area contributed by atoms with Gasteiger partial charge in [-0.3, -0.25) is 0 Å². The third-order valence-electron chi connectivity index (χ3n) is 3.80. The summed E-state index contributed by atoms with van der Waals surface area (Å²) in [6, 6.07) is 18.3. The minimum atomic E-state index is 0.397. The molecule has 1 nitrogen and oxygen atoms in total. The highest BCUT2D eigenvalue weighted by atomic mass is 14.9. The van der Waals surface area contributed by atoms with Gasteiger partial charge in [-0.2, -0.15) is 0 Å². The molecule has 106 valence electrons. The second-order valence-electron chi connectivity index (χ2n) is 5.40. The molecule has 0 radical (unpaired) electrons. The van der Waals surface area contributed by atoms with Gasteiger partial charge in [-0.05, 0) is 43.0 Å². The van der Waals surface area contributed by atoms with E-state index in [-0.39, 0.29) is 0 Å². The van der Waals surface area contributed by atoms with Crippen molar-refractivity contribution in [3.63, 3.8) is 0 Å². The highest BCUT2D eigenvalue weighted by Gasteiger charge is 2.10. The molecule has 0 spiro atoms. The first kappa shape index (κ1) is 14.8. The number of benzene rings is 2. The van der Waals surface area contributed by atoms with Gasteiger partial charge in [0.15, 0.2) is 0 Å². The highest BCUT2D eigenvalue weighted by Crippen LogP contribution is 2.19. The predicted octanol–water partition coefficient (Wildman–Crippen LogP) is 4.45. The van der Waals surface area contributed by atoms with E-state index < -0.39 is 0 Å². The number of likely N-dealkylation sites (N-methyl/N-ethyl adjacent to an activating group) is 1. The molecule has 2 aromatic carbocycles. The lowest BCUT2D eigenvalue weighted by atomic mass is 9.97. The number of hydrogen-bond donors (Lipinski definition) is 1. The minimum Gasteiger partial charge on any atom is -0.310 e. The third-order valence-corrected chi connectivity index (χ3v) is 3.80. The van der Waals surface area contributed by atoms with Crippen LogP contribution in [0.3, 0.4) is 0 Å². The summed E-state index contributed by atoms with van der Waals surface area (Å²) in [6.07, 6.45) is 2.14. The van der Waals surface area contributed by atoms with Crippen LogP contribution < -0.4 is 5.32 Å². The van der Waals surface area contributed by atoms with Gasteiger partial charge in [-0.1, -0.05) is 67.9 Å². The molecular formula is C19H25N. The topological polar surface area (TPSA) is 12.0 Å². The maximum absolute atomic E-state index is 3.60. The van der Waals surface area contributed by atoms with Crippen molar-refractivity contribution in [3.05, 3.63) is 70.8 Å². The molecule has 1 atom stereocenters. The predicted molar refractivity (Wildman–Crippen MR) is 87.1 cm³/mol. The molecule has 0 aliphatic rings. The van der Waals surface area contributed by atoms with Crippen molar-refractivity contribution in [2.24, 2.45) is 0 Å². The monoisotopic (exact) mass is 267 g/mol. The molecule has 20 heavy (non-hydrogen) atoms. The summed E-state index contributed by atoms with van der Waals surface area (Å²) in [7, 11) is 0. The fraction of sp³-hybridized carbons (Fsp3) is 0.368. The Morgan fingerprint density at radius 3 is 2.00 bits per heavy atom. The second-order valence-corrected chi connectivity index (χ2v) is 5.40. The van der Waals surface area contributed by atoms with E-state index in [1.54, 1.807) is 0 Å². The van der Waals surface area contributed by atoms with Crippen molar-refractivity contribution >= 4 is 0 Å². The Morgan fingerprint density at radius 2 is 1.45 bits per heavy atom. The molecule has 0 aliphatic heterocycles. The molecule has 2 aromatic rings. The first-order chi connectivity index (χ1) is 9.72. The summed E-state index contributed by atoms with van der Waals surface area (Å²) >= 11 is 0. The molecule has 0 heterocycles. The van der Waals surface area contributed by atoms with Crippen molar-refractivity contribution < 1.29 is 0 Å². The van der Waals surface area contributed by atoms with Gasteiger partial charge in [-0.25, -0.2) is 0 Å². The van der Waals surface area contributed by atoms with E-state index >= 15 is 0 Å². The lowest BCUT2D eigenvalue weighted by Gasteiger charge is -2.19. The zero-order chi connectivity index (χ0) is 14.4. The summed E-state index contributed by atoms with van der Waals surface area (Å²) in [5.74, 6) is 0. The Balaban J connectivity index is 2.14. The first-order valence-corrected chi connectivity index (χ1v) is 7.60. The first-order valence-electron chi connectivity index (χ1n) is 7.60. The van der Waals surface area contributed by atoms with Crippen LogP contribution in [0.1, 0.15) is 42.1 Å². The minimum absolute atomic E-state index is 0.397. The standard InChI is InChI=1S/C19H25N/c1-4-16-10-12-18(13-11-16)19(20-5-2)14-17-8-6-15(3)7-9-17/h6-13,19-20H,4-5,14H2,1-3H3. The van der Waals surface area contributed by atoms with E-state index in [1.165, 1.54) is 22.3 Å². The van der Waals surface area contributed by atoms with Crippen LogP contribution in [-0.2, 0) is 12.8 Å². The molecule has 1 heteroatoms. The van der Waals surface area contributed by atoms with Gasteiger partial charge in [0, 0.05) is 6.04 Å². The molecule has 2 rings (SSSR count). The van der Waals surface area contributed by atoms with Gasteiger partial charge in [0.2, 0.25) is 0 Å². The third kappa shape index (κ3) is 3.94. The largest absolute Gasteiger partial charge is 0.310 e. The van der Waals surface area contributed by atoms with Crippen LogP contribution in [-0.4, -0.2) is 6.54 Å². The fourth-order valence-corrected chi connectivity index (χ4v) is 2.50. The molecule has 1 unspecified atom stereocenters. The summed E-state index contributed by atoms with van der Waals surface area (Å²) < 4.78 is 0. The maximum atomic E-state index is 3.60. The van der Waals surface area contributed by atoms with Crippen LogP contribution in [0.15, 0.2) is 48.5 Å². The summed E-state index contributed by atoms with van der Waals surface area (Å²) in [5, 5.41) is 3.60. The van der Waals surface area contributed by atoms with Gasteiger partial charge >= 0.3 is 0 Å². The van der Waals surface area contributed by atoms with Crippen LogP contribution in [0, 0.1) is 6.92 Å². The fourth-order valence-electron chi connectivity index (χ4n) is 2.50. The number of rotatable bonds is 6. The quantitative estimate of drug-likeness (QED) is 0.815. The summed E-state index contributed by atoms with van der Waals surface area (Å²) in [5.41, 5.74) is 5.49. The average Bonchev–Trinajstić information content (AvgIpc) is 2.49. The van der Waals surface area contributed by atoms with Gasteiger partial charge in [0.05, 0.1) is 0 Å². The normalized spacial score (nSPS) is 12.3. The molecular weight excluding hydrogens is 242 g/mol. The van der Waals surface area contributed by atoms with Crippen LogP contribution in [0.2, 0.25) is 0 Å². The van der Waals surface area contributed by atoms with Crippen LogP contribution in [0.5, 0.6) is 0 Å². The Kier molecular flexibility index (Phi) is 5.37. The lowest BCUT2D eigenvalue weighted by molar-refractivity contribution is 0.549. The molecule has 0 bridgehead atoms. The van der Waals surface area contributed by atoms with Crippen molar-refractivity contribution in [2.45, 2.75) is 39.7 Å². The van der Waals surface area contributed by atoms with Gasteiger partial charge < -0.3 is 5.32 Å². The molecule has 0 aliphatic carbocycles. The average molecular weight is 267 g/mol. The van der Waals surface area contributed by atoms with E-state index in [0.29, 0.717) is 6.04 Å². The molecule has 0 fully saturated rings. The van der Waals surface area contributed by atoms with Gasteiger partial charge in [0.25, 0.3) is 0 Å². The van der Waals surface area contributed by atoms with Crippen molar-refractivity contribution in [1.82, 2.24) is 5.32 Å². The Bertz CT molecular complexity index is 510. The smallest absolute Gasteiger partial charge is 0.0360 e. The zero-order valence-electron chi connectivity index (χ0n) is 12.8. The van der Waals surface area contributed by atoms with E-state index in [2.05, 4.69) is 74.6 Å². The Labute approximate surface area is 123 Å². The highest BCUT2D eigenvalue weighted by molar-refractivity contribution is 5.28. The van der Waals surface area contributed by atoms with E-state index in [4.69, 9.17) is 0 Å². The molecule has 0 saturated carbocycles. The van der Waals surface area contributed by atoms with Gasteiger partial charge in [-0.15, -0.1) is 0 Å². The zero-order valence-corrected chi connectivity index (χ0v) is 12.8. The van der Waals surface area contributed by atoms with Crippen molar-refractivity contribution in [3.8, 4) is 0 Å². The van der Waals surface area contributed by atoms with Crippen LogP contribution >= 0.6 is 0 Å². The molecule has 0 aromatic heterocycles. The second kappa shape index (κ2) is 7.25. The number of nitrogens with one attached hydrogen (secondary N) is 1. The number of hydrogen-bond acceptors (Lipinski definition) is 1. The van der Waals surface area contributed by atoms with E-state index in [1.807, 2.05) is 0 Å². The number of aryl methyl sites for hydroxylation is 2. The molecule has 0 amide bonds. The van der Waals surface area contributed by atoms with E-state index in [9.17, 15) is 0 Å². The molecule has 1 N–H and O–H groups in total. The lowest BCUT2D eigenvalue weighted by Crippen LogP contribution is -2.22. The van der Waals surface area contributed by atoms with Crippen molar-refractivity contribution in [1.29, 1.82) is 0 Å². The molecule has 0 saturated heterocycles. The maximum Gasteiger partial charge on any atom is 0.0360 e. The summed E-state index contributed by atoms with van der Waals surface area (Å²) in [4.78, 5) is 0. The van der Waals surface area contributed by atoms with Crippen LogP contribution in [0.25, 0.3) is 0 Å². The summed E-state index contributed by atoms with van der Waals surface area (Å²) in [6.45, 7) is 7.49. The SMILES string of the molecule is CCNC(Cc1ccc(C)cc1)c1ccc(CC)cc1.